The summed E-state index contributed by atoms with van der Waals surface area (Å²) in [6.45, 7) is 17.7. The Kier molecular flexibility index (Phi) is 11.3. The van der Waals surface area contributed by atoms with E-state index in [1.54, 1.807) is 61.5 Å². The Hall–Kier alpha value is -2.94. The van der Waals surface area contributed by atoms with Gasteiger partial charge in [0.25, 0.3) is 0 Å². The molecular formula is C28H43NO8. The van der Waals surface area contributed by atoms with Crippen molar-refractivity contribution >= 4 is 23.9 Å². The van der Waals surface area contributed by atoms with Crippen LogP contribution in [0.2, 0.25) is 0 Å². The van der Waals surface area contributed by atoms with E-state index in [9.17, 15) is 24.3 Å². The molecule has 0 radical (unpaired) electrons. The topological polar surface area (TPSA) is 128 Å². The van der Waals surface area contributed by atoms with Gasteiger partial charge >= 0.3 is 23.9 Å². The van der Waals surface area contributed by atoms with Crippen LogP contribution in [0.1, 0.15) is 74.8 Å². The second-order valence-electron chi connectivity index (χ2n) is 11.8. The van der Waals surface area contributed by atoms with Crippen molar-refractivity contribution in [3.05, 3.63) is 23.8 Å². The van der Waals surface area contributed by atoms with Gasteiger partial charge in [0, 0.05) is 6.54 Å². The minimum atomic E-state index is -1.09. The number of carboxylic acid groups (broad SMARTS) is 1. The largest absolute Gasteiger partial charge is 0.480 e. The summed E-state index contributed by atoms with van der Waals surface area (Å²) in [6.07, 6.45) is -0.482. The van der Waals surface area contributed by atoms with Gasteiger partial charge in [-0.05, 0) is 78.5 Å². The summed E-state index contributed by atoms with van der Waals surface area (Å²) in [7, 11) is 0. The third kappa shape index (κ3) is 10.5. The number of hydrogen-bond acceptors (Lipinski definition) is 8. The lowest BCUT2D eigenvalue weighted by Gasteiger charge is -2.22. The monoisotopic (exact) mass is 521 g/mol. The molecule has 0 saturated heterocycles. The second kappa shape index (κ2) is 13.0. The molecule has 9 heteroatoms. The summed E-state index contributed by atoms with van der Waals surface area (Å²) in [5, 5.41) is 12.7. The van der Waals surface area contributed by atoms with Gasteiger partial charge in [-0.25, -0.2) is 0 Å². The molecule has 2 N–H and O–H groups in total. The third-order valence-corrected chi connectivity index (χ3v) is 5.72. The van der Waals surface area contributed by atoms with E-state index >= 15 is 0 Å². The van der Waals surface area contributed by atoms with Crippen molar-refractivity contribution in [1.82, 2.24) is 5.32 Å². The van der Waals surface area contributed by atoms with Crippen LogP contribution in [0.5, 0.6) is 11.5 Å². The fourth-order valence-electron chi connectivity index (χ4n) is 2.76. The lowest BCUT2D eigenvalue weighted by Crippen LogP contribution is -2.43. The SMILES string of the molecule is CC(CN[C@@H](Cc1ccc(OC(=O)C(C)(C)C)c(OC(=O)C(C)(C)C)c1)C(=O)O)OC(=O)C(C)C(C)C. The predicted octanol–water partition coefficient (Wildman–Crippen LogP) is 4.40. The lowest BCUT2D eigenvalue weighted by atomic mass is 9.97. The second-order valence-corrected chi connectivity index (χ2v) is 11.8. The smallest absolute Gasteiger partial charge is 0.321 e. The zero-order valence-corrected chi connectivity index (χ0v) is 23.8. The molecule has 0 aliphatic rings. The highest BCUT2D eigenvalue weighted by atomic mass is 16.6. The minimum Gasteiger partial charge on any atom is -0.480 e. The first kappa shape index (κ1) is 32.1. The molecule has 2 unspecified atom stereocenters. The zero-order valence-electron chi connectivity index (χ0n) is 23.8. The van der Waals surface area contributed by atoms with Crippen LogP contribution in [-0.2, 0) is 30.3 Å². The number of carbonyl (C=O) groups is 4. The van der Waals surface area contributed by atoms with Gasteiger partial charge in [0.1, 0.15) is 12.1 Å². The molecule has 0 aromatic heterocycles. The first-order valence-electron chi connectivity index (χ1n) is 12.6. The molecule has 208 valence electrons. The van der Waals surface area contributed by atoms with Crippen molar-refractivity contribution in [2.45, 2.75) is 87.8 Å². The molecule has 0 heterocycles. The Labute approximate surface area is 220 Å². The van der Waals surface area contributed by atoms with Crippen molar-refractivity contribution in [3.63, 3.8) is 0 Å². The molecule has 0 fully saturated rings. The Morgan fingerprint density at radius 2 is 1.38 bits per heavy atom. The molecular weight excluding hydrogens is 478 g/mol. The van der Waals surface area contributed by atoms with Crippen molar-refractivity contribution in [3.8, 4) is 11.5 Å². The maximum atomic E-state index is 12.6. The number of benzene rings is 1. The number of nitrogens with one attached hydrogen (secondary N) is 1. The van der Waals surface area contributed by atoms with Gasteiger partial charge in [-0.3, -0.25) is 19.2 Å². The molecule has 0 bridgehead atoms. The summed E-state index contributed by atoms with van der Waals surface area (Å²) in [4.78, 5) is 49.1. The molecule has 3 atom stereocenters. The van der Waals surface area contributed by atoms with Gasteiger partial charge in [-0.2, -0.15) is 0 Å². The van der Waals surface area contributed by atoms with Crippen molar-refractivity contribution < 1.29 is 38.5 Å². The highest BCUT2D eigenvalue weighted by Gasteiger charge is 2.29. The number of carbonyl (C=O) groups excluding carboxylic acids is 3. The summed E-state index contributed by atoms with van der Waals surface area (Å²) in [5.41, 5.74) is -1.05. The zero-order chi connectivity index (χ0) is 28.7. The van der Waals surface area contributed by atoms with Crippen molar-refractivity contribution in [2.24, 2.45) is 22.7 Å². The van der Waals surface area contributed by atoms with E-state index in [4.69, 9.17) is 14.2 Å². The Morgan fingerprint density at radius 3 is 1.84 bits per heavy atom. The number of ether oxygens (including phenoxy) is 3. The van der Waals surface area contributed by atoms with E-state index in [1.165, 1.54) is 12.1 Å². The van der Waals surface area contributed by atoms with Crippen LogP contribution in [0.4, 0.5) is 0 Å². The predicted molar refractivity (Wildman–Crippen MR) is 139 cm³/mol. The Balaban J connectivity index is 3.08. The van der Waals surface area contributed by atoms with Crippen LogP contribution in [0.25, 0.3) is 0 Å². The number of carboxylic acids is 1. The Morgan fingerprint density at radius 1 is 0.865 bits per heavy atom. The van der Waals surface area contributed by atoms with Gasteiger partial charge in [0.15, 0.2) is 11.5 Å². The summed E-state index contributed by atoms with van der Waals surface area (Å²) >= 11 is 0. The molecule has 9 nitrogen and oxygen atoms in total. The number of esters is 3. The average Bonchev–Trinajstić information content (AvgIpc) is 2.75. The number of hydrogen-bond donors (Lipinski definition) is 2. The van der Waals surface area contributed by atoms with E-state index in [2.05, 4.69) is 5.32 Å². The molecule has 0 aliphatic heterocycles. The normalized spacial score (nSPS) is 14.5. The third-order valence-electron chi connectivity index (χ3n) is 5.72. The Bertz CT molecular complexity index is 971. The summed E-state index contributed by atoms with van der Waals surface area (Å²) < 4.78 is 16.5. The van der Waals surface area contributed by atoms with Crippen LogP contribution < -0.4 is 14.8 Å². The molecule has 0 aliphatic carbocycles. The van der Waals surface area contributed by atoms with Gasteiger partial charge in [-0.15, -0.1) is 0 Å². The van der Waals surface area contributed by atoms with E-state index in [0.717, 1.165) is 0 Å². The number of rotatable bonds is 11. The van der Waals surface area contributed by atoms with Gasteiger partial charge in [0.05, 0.1) is 16.7 Å². The lowest BCUT2D eigenvalue weighted by molar-refractivity contribution is -0.154. The quantitative estimate of drug-likeness (QED) is 0.322. The van der Waals surface area contributed by atoms with Gasteiger partial charge in [-0.1, -0.05) is 26.8 Å². The maximum absolute atomic E-state index is 12.6. The first-order valence-corrected chi connectivity index (χ1v) is 12.6. The minimum absolute atomic E-state index is 0.0316. The van der Waals surface area contributed by atoms with Gasteiger partial charge in [0.2, 0.25) is 0 Å². The molecule has 37 heavy (non-hydrogen) atoms. The number of aliphatic carboxylic acids is 1. The molecule has 1 rings (SSSR count). The van der Waals surface area contributed by atoms with E-state index in [-0.39, 0.29) is 42.3 Å². The van der Waals surface area contributed by atoms with Crippen molar-refractivity contribution in [1.29, 1.82) is 0 Å². The van der Waals surface area contributed by atoms with Crippen LogP contribution in [0.15, 0.2) is 18.2 Å². The van der Waals surface area contributed by atoms with Gasteiger partial charge < -0.3 is 24.6 Å². The molecule has 0 amide bonds. The molecule has 1 aromatic rings. The summed E-state index contributed by atoms with van der Waals surface area (Å²) in [5.74, 6) is -2.49. The highest BCUT2D eigenvalue weighted by molar-refractivity contribution is 5.81. The summed E-state index contributed by atoms with van der Waals surface area (Å²) in [6, 6.07) is 3.60. The van der Waals surface area contributed by atoms with Crippen molar-refractivity contribution in [2.75, 3.05) is 6.54 Å². The molecule has 0 spiro atoms. The fourth-order valence-corrected chi connectivity index (χ4v) is 2.76. The van der Waals surface area contributed by atoms with Crippen LogP contribution >= 0.6 is 0 Å². The van der Waals surface area contributed by atoms with Crippen LogP contribution in [0.3, 0.4) is 0 Å². The molecule has 1 aromatic carbocycles. The standard InChI is InChI=1S/C28H43NO8/c1-16(2)18(4)24(32)35-17(3)15-29-20(23(30)31)13-19-11-12-21(36-25(33)27(5,6)7)22(14-19)37-26(34)28(8,9)10/h11-12,14,16-18,20,29H,13,15H2,1-10H3,(H,30,31)/t17?,18?,20-/m0/s1. The van der Waals surface area contributed by atoms with Crippen LogP contribution in [0, 0.1) is 22.7 Å². The van der Waals surface area contributed by atoms with Crippen LogP contribution in [-0.4, -0.2) is 47.7 Å². The highest BCUT2D eigenvalue weighted by Crippen LogP contribution is 2.33. The molecule has 0 saturated carbocycles. The first-order chi connectivity index (χ1) is 16.8. The van der Waals surface area contributed by atoms with E-state index in [1.807, 2.05) is 13.8 Å². The van der Waals surface area contributed by atoms with E-state index in [0.29, 0.717) is 5.56 Å². The van der Waals surface area contributed by atoms with E-state index < -0.39 is 40.9 Å². The maximum Gasteiger partial charge on any atom is 0.321 e. The average molecular weight is 522 g/mol. The fraction of sp³-hybridized carbons (Fsp3) is 0.643.